The molecule has 2 aromatic rings. The highest BCUT2D eigenvalue weighted by Crippen LogP contribution is 2.23. The second kappa shape index (κ2) is 7.31. The summed E-state index contributed by atoms with van der Waals surface area (Å²) in [4.78, 5) is 0. The second-order valence-corrected chi connectivity index (χ2v) is 4.87. The van der Waals surface area contributed by atoms with Crippen molar-refractivity contribution in [3.8, 4) is 5.75 Å². The fourth-order valence-electron chi connectivity index (χ4n) is 2.10. The van der Waals surface area contributed by atoms with Crippen molar-refractivity contribution in [1.82, 2.24) is 5.32 Å². The van der Waals surface area contributed by atoms with E-state index in [0.717, 1.165) is 23.1 Å². The van der Waals surface area contributed by atoms with Crippen molar-refractivity contribution >= 4 is 0 Å². The Morgan fingerprint density at radius 1 is 0.909 bits per heavy atom. The van der Waals surface area contributed by atoms with E-state index >= 15 is 0 Å². The maximum absolute atomic E-state index is 12.2. The van der Waals surface area contributed by atoms with E-state index < -0.39 is 6.36 Å². The molecule has 0 aliphatic heterocycles. The second-order valence-electron chi connectivity index (χ2n) is 4.87. The zero-order valence-corrected chi connectivity index (χ0v) is 12.0. The van der Waals surface area contributed by atoms with Crippen molar-refractivity contribution < 1.29 is 17.9 Å². The Balaban J connectivity index is 1.90. The van der Waals surface area contributed by atoms with Crippen molar-refractivity contribution in [1.29, 1.82) is 0 Å². The number of rotatable bonds is 6. The first kappa shape index (κ1) is 16.4. The molecule has 117 valence electrons. The maximum Gasteiger partial charge on any atom is 0.573 e. The molecule has 0 amide bonds. The standard InChI is InChI=1S/C17H17F3NO/c1-2-13-5-3-6-14(9-13)11-21-12-15-7-4-8-16(10-15)22-17(18,19)20/h3-10,21H,1-2,11-12H2. The van der Waals surface area contributed by atoms with Gasteiger partial charge in [-0.05, 0) is 42.2 Å². The Bertz CT molecular complexity index is 611. The van der Waals surface area contributed by atoms with Crippen molar-refractivity contribution in [3.05, 3.63) is 72.1 Å². The monoisotopic (exact) mass is 308 g/mol. The molecule has 0 aliphatic rings. The van der Waals surface area contributed by atoms with Gasteiger partial charge in [-0.15, -0.1) is 13.2 Å². The van der Waals surface area contributed by atoms with Crippen LogP contribution in [0.5, 0.6) is 5.75 Å². The number of halogens is 3. The van der Waals surface area contributed by atoms with E-state index in [4.69, 9.17) is 0 Å². The summed E-state index contributed by atoms with van der Waals surface area (Å²) < 4.78 is 40.4. The quantitative estimate of drug-likeness (QED) is 0.861. The van der Waals surface area contributed by atoms with Crippen LogP contribution in [0.15, 0.2) is 48.5 Å². The van der Waals surface area contributed by atoms with E-state index in [1.54, 1.807) is 12.1 Å². The molecule has 0 atom stereocenters. The summed E-state index contributed by atoms with van der Waals surface area (Å²) >= 11 is 0. The Morgan fingerprint density at radius 2 is 1.50 bits per heavy atom. The summed E-state index contributed by atoms with van der Waals surface area (Å²) in [7, 11) is 0. The van der Waals surface area contributed by atoms with Gasteiger partial charge in [0.05, 0.1) is 0 Å². The Morgan fingerprint density at radius 3 is 2.14 bits per heavy atom. The lowest BCUT2D eigenvalue weighted by Gasteiger charge is -2.11. The van der Waals surface area contributed by atoms with Gasteiger partial charge in [-0.25, -0.2) is 0 Å². The SMILES string of the molecule is [CH2]Cc1cccc(CNCc2cccc(OC(F)(F)F)c2)c1. The predicted octanol–water partition coefficient (Wildman–Crippen LogP) is 4.25. The van der Waals surface area contributed by atoms with Gasteiger partial charge in [0.1, 0.15) is 5.75 Å². The molecule has 0 fully saturated rings. The minimum atomic E-state index is -4.67. The van der Waals surface area contributed by atoms with Crippen LogP contribution in [0, 0.1) is 6.92 Å². The lowest BCUT2D eigenvalue weighted by molar-refractivity contribution is -0.274. The lowest BCUT2D eigenvalue weighted by atomic mass is 10.1. The Labute approximate surface area is 127 Å². The summed E-state index contributed by atoms with van der Waals surface area (Å²) in [5.41, 5.74) is 3.00. The van der Waals surface area contributed by atoms with E-state index in [0.29, 0.717) is 13.1 Å². The molecule has 2 rings (SSSR count). The number of benzene rings is 2. The third kappa shape index (κ3) is 5.41. The molecule has 1 N–H and O–H groups in total. The topological polar surface area (TPSA) is 21.3 Å². The Hall–Kier alpha value is -2.01. The van der Waals surface area contributed by atoms with Crippen LogP contribution in [0.4, 0.5) is 13.2 Å². The molecule has 0 bridgehead atoms. The Kier molecular flexibility index (Phi) is 5.44. The van der Waals surface area contributed by atoms with Crippen molar-refractivity contribution in [3.63, 3.8) is 0 Å². The first-order chi connectivity index (χ1) is 10.5. The average molecular weight is 308 g/mol. The van der Waals surface area contributed by atoms with Gasteiger partial charge in [-0.3, -0.25) is 0 Å². The van der Waals surface area contributed by atoms with Crippen LogP contribution in [0.3, 0.4) is 0 Å². The normalized spacial score (nSPS) is 11.5. The molecule has 0 aliphatic carbocycles. The summed E-state index contributed by atoms with van der Waals surface area (Å²) in [5, 5.41) is 3.20. The van der Waals surface area contributed by atoms with E-state index in [2.05, 4.69) is 23.0 Å². The van der Waals surface area contributed by atoms with Gasteiger partial charge < -0.3 is 10.1 Å². The van der Waals surface area contributed by atoms with Crippen LogP contribution in [0.25, 0.3) is 0 Å². The smallest absolute Gasteiger partial charge is 0.406 e. The van der Waals surface area contributed by atoms with Crippen molar-refractivity contribution in [2.45, 2.75) is 25.9 Å². The molecule has 0 spiro atoms. The molecule has 0 heterocycles. The highest BCUT2D eigenvalue weighted by molar-refractivity contribution is 5.29. The molecule has 1 radical (unpaired) electrons. The van der Waals surface area contributed by atoms with Gasteiger partial charge in [0.25, 0.3) is 0 Å². The number of hydrogen-bond donors (Lipinski definition) is 1. The van der Waals surface area contributed by atoms with Crippen molar-refractivity contribution in [2.24, 2.45) is 0 Å². The third-order valence-electron chi connectivity index (χ3n) is 3.07. The van der Waals surface area contributed by atoms with Crippen LogP contribution in [0.2, 0.25) is 0 Å². The lowest BCUT2D eigenvalue weighted by Crippen LogP contribution is -2.17. The highest BCUT2D eigenvalue weighted by atomic mass is 19.4. The first-order valence-corrected chi connectivity index (χ1v) is 6.89. The molecule has 0 saturated heterocycles. The highest BCUT2D eigenvalue weighted by Gasteiger charge is 2.31. The van der Waals surface area contributed by atoms with Crippen LogP contribution in [-0.2, 0) is 19.5 Å². The predicted molar refractivity (Wildman–Crippen MR) is 79.2 cm³/mol. The zero-order valence-electron chi connectivity index (χ0n) is 12.0. The molecule has 2 aromatic carbocycles. The third-order valence-corrected chi connectivity index (χ3v) is 3.07. The average Bonchev–Trinajstić information content (AvgIpc) is 2.46. The molecular weight excluding hydrogens is 291 g/mol. The zero-order chi connectivity index (χ0) is 16.0. The number of hydrogen-bond acceptors (Lipinski definition) is 2. The van der Waals surface area contributed by atoms with Gasteiger partial charge >= 0.3 is 6.36 Å². The van der Waals surface area contributed by atoms with E-state index in [1.165, 1.54) is 12.1 Å². The summed E-state index contributed by atoms with van der Waals surface area (Å²) in [6.45, 7) is 4.94. The largest absolute Gasteiger partial charge is 0.573 e. The van der Waals surface area contributed by atoms with Crippen LogP contribution in [0.1, 0.15) is 16.7 Å². The van der Waals surface area contributed by atoms with Crippen LogP contribution < -0.4 is 10.1 Å². The molecule has 0 unspecified atom stereocenters. The van der Waals surface area contributed by atoms with Crippen LogP contribution in [-0.4, -0.2) is 6.36 Å². The van der Waals surface area contributed by atoms with Gasteiger partial charge in [-0.1, -0.05) is 36.4 Å². The van der Waals surface area contributed by atoms with Gasteiger partial charge in [-0.2, -0.15) is 0 Å². The van der Waals surface area contributed by atoms with Gasteiger partial charge in [0.15, 0.2) is 0 Å². The molecule has 0 aromatic heterocycles. The molecule has 0 saturated carbocycles. The fourth-order valence-corrected chi connectivity index (χ4v) is 2.10. The fraction of sp³-hybridized carbons (Fsp3) is 0.235. The minimum absolute atomic E-state index is 0.203. The van der Waals surface area contributed by atoms with Gasteiger partial charge in [0.2, 0.25) is 0 Å². The summed E-state index contributed by atoms with van der Waals surface area (Å²) in [5.74, 6) is -0.203. The maximum atomic E-state index is 12.2. The number of nitrogens with one attached hydrogen (secondary N) is 1. The van der Waals surface area contributed by atoms with E-state index in [9.17, 15) is 13.2 Å². The number of ether oxygens (including phenoxy) is 1. The van der Waals surface area contributed by atoms with E-state index in [-0.39, 0.29) is 5.75 Å². The first-order valence-electron chi connectivity index (χ1n) is 6.89. The molecule has 2 nitrogen and oxygen atoms in total. The molecule has 5 heteroatoms. The van der Waals surface area contributed by atoms with E-state index in [1.807, 2.05) is 18.2 Å². The van der Waals surface area contributed by atoms with Crippen LogP contribution >= 0.6 is 0 Å². The van der Waals surface area contributed by atoms with Crippen molar-refractivity contribution in [2.75, 3.05) is 0 Å². The summed E-state index contributed by atoms with van der Waals surface area (Å²) in [6.07, 6.45) is -3.94. The molecular formula is C17H17F3NO. The molecule has 22 heavy (non-hydrogen) atoms. The summed E-state index contributed by atoms with van der Waals surface area (Å²) in [6, 6.07) is 14.0. The van der Waals surface area contributed by atoms with Gasteiger partial charge in [0, 0.05) is 13.1 Å². The minimum Gasteiger partial charge on any atom is -0.406 e. The number of alkyl halides is 3.